The molecule has 1 aromatic heterocycles. The van der Waals surface area contributed by atoms with E-state index in [0.717, 1.165) is 6.42 Å². The first kappa shape index (κ1) is 16.9. The number of amides is 2. The van der Waals surface area contributed by atoms with E-state index in [1.54, 1.807) is 36.1 Å². The van der Waals surface area contributed by atoms with Gasteiger partial charge in [0.25, 0.3) is 5.91 Å². The summed E-state index contributed by atoms with van der Waals surface area (Å²) >= 11 is 0. The molecule has 3 rings (SSSR count). The quantitative estimate of drug-likeness (QED) is 0.831. The molecule has 2 aromatic rings. The van der Waals surface area contributed by atoms with Gasteiger partial charge in [-0.25, -0.2) is 4.79 Å². The molecule has 8 nitrogen and oxygen atoms in total. The first-order chi connectivity index (χ1) is 12.0. The molecular formula is C17H20N4O4. The van der Waals surface area contributed by atoms with Crippen LogP contribution in [0.15, 0.2) is 39.6 Å². The lowest BCUT2D eigenvalue weighted by Crippen LogP contribution is -2.55. The van der Waals surface area contributed by atoms with Crippen molar-refractivity contribution in [1.29, 1.82) is 0 Å². The van der Waals surface area contributed by atoms with Gasteiger partial charge in [0, 0.05) is 25.1 Å². The zero-order valence-electron chi connectivity index (χ0n) is 13.9. The monoisotopic (exact) mass is 344 g/mol. The third-order valence-corrected chi connectivity index (χ3v) is 4.53. The first-order valence-corrected chi connectivity index (χ1v) is 8.21. The van der Waals surface area contributed by atoms with E-state index in [1.165, 1.54) is 0 Å². The minimum atomic E-state index is -0.885. The lowest BCUT2D eigenvalue weighted by Gasteiger charge is -2.34. The Hall–Kier alpha value is -2.90. The van der Waals surface area contributed by atoms with Crippen LogP contribution in [0.25, 0.3) is 0 Å². The number of nitrogens with one attached hydrogen (secondary N) is 2. The largest absolute Gasteiger partial charge is 0.438 e. The van der Waals surface area contributed by atoms with Crippen LogP contribution in [0.5, 0.6) is 0 Å². The van der Waals surface area contributed by atoms with Gasteiger partial charge in [-0.1, -0.05) is 23.4 Å². The Morgan fingerprint density at radius 1 is 1.36 bits per heavy atom. The molecule has 1 aliphatic heterocycles. The molecule has 1 fully saturated rings. The Balaban J connectivity index is 1.65. The topological polar surface area (TPSA) is 108 Å². The van der Waals surface area contributed by atoms with Crippen LogP contribution in [-0.2, 0) is 11.2 Å². The van der Waals surface area contributed by atoms with Crippen LogP contribution < -0.4 is 11.1 Å². The number of aromatic nitrogens is 2. The number of benzene rings is 1. The Labute approximate surface area is 144 Å². The van der Waals surface area contributed by atoms with Gasteiger partial charge in [0.2, 0.25) is 5.91 Å². The zero-order chi connectivity index (χ0) is 17.9. The van der Waals surface area contributed by atoms with Crippen LogP contribution >= 0.6 is 0 Å². The fourth-order valence-corrected chi connectivity index (χ4v) is 3.11. The van der Waals surface area contributed by atoms with Gasteiger partial charge in [-0.05, 0) is 31.9 Å². The van der Waals surface area contributed by atoms with E-state index in [9.17, 15) is 14.4 Å². The molecule has 1 saturated heterocycles. The second-order valence-corrected chi connectivity index (χ2v) is 6.25. The van der Waals surface area contributed by atoms with Crippen molar-refractivity contribution in [2.75, 3.05) is 13.1 Å². The molecule has 25 heavy (non-hydrogen) atoms. The van der Waals surface area contributed by atoms with Gasteiger partial charge in [0.15, 0.2) is 5.82 Å². The van der Waals surface area contributed by atoms with Crippen molar-refractivity contribution in [3.8, 4) is 0 Å². The highest BCUT2D eigenvalue weighted by Crippen LogP contribution is 2.30. The molecule has 132 valence electrons. The molecule has 1 aliphatic rings. The van der Waals surface area contributed by atoms with Crippen molar-refractivity contribution in [2.24, 2.45) is 0 Å². The van der Waals surface area contributed by atoms with Gasteiger partial charge in [-0.3, -0.25) is 19.1 Å². The number of carbonyl (C=O) groups is 2. The van der Waals surface area contributed by atoms with Crippen LogP contribution in [0.1, 0.15) is 35.9 Å². The van der Waals surface area contributed by atoms with E-state index in [2.05, 4.69) is 20.0 Å². The van der Waals surface area contributed by atoms with Crippen molar-refractivity contribution >= 4 is 11.8 Å². The fraction of sp³-hybridized carbons (Fsp3) is 0.412. The van der Waals surface area contributed by atoms with Gasteiger partial charge in [0.05, 0.1) is 0 Å². The molecule has 1 atom stereocenters. The minimum absolute atomic E-state index is 0.142. The second kappa shape index (κ2) is 6.92. The molecule has 0 saturated carbocycles. The third-order valence-electron chi connectivity index (χ3n) is 4.53. The highest BCUT2D eigenvalue weighted by molar-refractivity contribution is 5.99. The van der Waals surface area contributed by atoms with E-state index in [0.29, 0.717) is 37.3 Å². The normalized spacial score (nSPS) is 19.8. The van der Waals surface area contributed by atoms with Gasteiger partial charge in [-0.2, -0.15) is 0 Å². The first-order valence-electron chi connectivity index (χ1n) is 8.21. The zero-order valence-corrected chi connectivity index (χ0v) is 13.9. The summed E-state index contributed by atoms with van der Waals surface area (Å²) in [6.45, 7) is 2.63. The molecule has 2 amide bonds. The number of H-pyrrole nitrogens is 1. The standard InChI is InChI=1S/C17H20N4O4/c1-17(15(23)18-10-8-13-19-16(24)25-20-13)9-5-11-21(17)14(22)12-6-3-2-4-7-12/h2-4,6-7H,5,8-11H2,1H3,(H,18,23)(H,19,20,24)/t17-/m0/s1. The fourth-order valence-electron chi connectivity index (χ4n) is 3.11. The summed E-state index contributed by atoms with van der Waals surface area (Å²) in [5.41, 5.74) is -0.312. The van der Waals surface area contributed by atoms with Crippen LogP contribution in [-0.4, -0.2) is 45.5 Å². The smallest absolute Gasteiger partial charge is 0.354 e. The predicted molar refractivity (Wildman–Crippen MR) is 89.0 cm³/mol. The molecule has 2 heterocycles. The van der Waals surface area contributed by atoms with Crippen molar-refractivity contribution in [3.63, 3.8) is 0 Å². The van der Waals surface area contributed by atoms with Gasteiger partial charge in [0.1, 0.15) is 5.54 Å². The molecule has 8 heteroatoms. The van der Waals surface area contributed by atoms with E-state index in [-0.39, 0.29) is 11.8 Å². The summed E-state index contributed by atoms with van der Waals surface area (Å²) in [5.74, 6) is -0.598. The number of rotatable bonds is 5. The Bertz CT molecular complexity index is 813. The molecule has 0 spiro atoms. The Kier molecular flexibility index (Phi) is 4.69. The van der Waals surface area contributed by atoms with Crippen LogP contribution in [0.2, 0.25) is 0 Å². The molecule has 0 unspecified atom stereocenters. The van der Waals surface area contributed by atoms with Gasteiger partial charge >= 0.3 is 5.76 Å². The number of nitrogens with zero attached hydrogens (tertiary/aromatic N) is 2. The Morgan fingerprint density at radius 3 is 2.80 bits per heavy atom. The molecular weight excluding hydrogens is 324 g/mol. The summed E-state index contributed by atoms with van der Waals surface area (Å²) < 4.78 is 4.41. The summed E-state index contributed by atoms with van der Waals surface area (Å²) in [6, 6.07) is 8.96. The number of hydrogen-bond donors (Lipinski definition) is 2. The summed E-state index contributed by atoms with van der Waals surface area (Å²) in [4.78, 5) is 40.4. The SMILES string of the molecule is C[C@@]1(C(=O)NCCc2noc(=O)[nH]2)CCCN1C(=O)c1ccccc1. The van der Waals surface area contributed by atoms with E-state index >= 15 is 0 Å². The van der Waals surface area contributed by atoms with E-state index in [1.807, 2.05) is 6.07 Å². The lowest BCUT2D eigenvalue weighted by atomic mass is 9.96. The van der Waals surface area contributed by atoms with Crippen LogP contribution in [0, 0.1) is 0 Å². The number of hydrogen-bond acceptors (Lipinski definition) is 5. The predicted octanol–water partition coefficient (Wildman–Crippen LogP) is 0.717. The van der Waals surface area contributed by atoms with Crippen molar-refractivity contribution < 1.29 is 14.1 Å². The average Bonchev–Trinajstić information content (AvgIpc) is 3.21. The molecule has 2 N–H and O–H groups in total. The minimum Gasteiger partial charge on any atom is -0.354 e. The van der Waals surface area contributed by atoms with Crippen LogP contribution in [0.4, 0.5) is 0 Å². The number of aromatic amines is 1. The maximum atomic E-state index is 12.7. The number of likely N-dealkylation sites (tertiary alicyclic amines) is 1. The molecule has 0 aliphatic carbocycles. The highest BCUT2D eigenvalue weighted by Gasteiger charge is 2.45. The third kappa shape index (κ3) is 3.47. The lowest BCUT2D eigenvalue weighted by molar-refractivity contribution is -0.129. The highest BCUT2D eigenvalue weighted by atomic mass is 16.5. The summed E-state index contributed by atoms with van der Waals surface area (Å²) in [7, 11) is 0. The van der Waals surface area contributed by atoms with Crippen molar-refractivity contribution in [3.05, 3.63) is 52.3 Å². The van der Waals surface area contributed by atoms with Gasteiger partial charge in [-0.15, -0.1) is 0 Å². The summed E-state index contributed by atoms with van der Waals surface area (Å²) in [5, 5.41) is 6.37. The maximum Gasteiger partial charge on any atom is 0.438 e. The average molecular weight is 344 g/mol. The second-order valence-electron chi connectivity index (χ2n) is 6.25. The number of carbonyl (C=O) groups excluding carboxylic acids is 2. The molecule has 1 aromatic carbocycles. The molecule has 0 bridgehead atoms. The van der Waals surface area contributed by atoms with Crippen molar-refractivity contribution in [1.82, 2.24) is 20.4 Å². The molecule has 0 radical (unpaired) electrons. The maximum absolute atomic E-state index is 12.7. The van der Waals surface area contributed by atoms with E-state index < -0.39 is 11.3 Å². The van der Waals surface area contributed by atoms with Gasteiger partial charge < -0.3 is 10.2 Å². The van der Waals surface area contributed by atoms with E-state index in [4.69, 9.17) is 0 Å². The van der Waals surface area contributed by atoms with Crippen molar-refractivity contribution in [2.45, 2.75) is 31.7 Å². The Morgan fingerprint density at radius 2 is 2.12 bits per heavy atom. The van der Waals surface area contributed by atoms with Crippen LogP contribution in [0.3, 0.4) is 0 Å². The summed E-state index contributed by atoms with van der Waals surface area (Å²) in [6.07, 6.45) is 1.73.